The molecule has 4 heteroatoms. The van der Waals surface area contributed by atoms with Crippen molar-refractivity contribution < 1.29 is 14.6 Å². The maximum absolute atomic E-state index is 10.6. The lowest BCUT2D eigenvalue weighted by atomic mass is 10.1. The summed E-state index contributed by atoms with van der Waals surface area (Å²) in [5, 5.41) is 9.31. The van der Waals surface area contributed by atoms with Crippen molar-refractivity contribution in [3.05, 3.63) is 64.7 Å². The van der Waals surface area contributed by atoms with Gasteiger partial charge in [0.05, 0.1) is 6.42 Å². The summed E-state index contributed by atoms with van der Waals surface area (Å²) in [5.74, 6) is -0.120. The Bertz CT molecular complexity index is 564. The molecule has 0 aliphatic heterocycles. The second-order valence-electron chi connectivity index (χ2n) is 4.13. The number of benzene rings is 2. The van der Waals surface area contributed by atoms with Gasteiger partial charge in [-0.15, -0.1) is 0 Å². The molecule has 0 radical (unpaired) electrons. The first-order valence-corrected chi connectivity index (χ1v) is 6.19. The molecule has 0 unspecified atom stereocenters. The van der Waals surface area contributed by atoms with Crippen molar-refractivity contribution in [3.8, 4) is 5.75 Å². The molecule has 0 saturated carbocycles. The van der Waals surface area contributed by atoms with Crippen molar-refractivity contribution in [1.82, 2.24) is 0 Å². The summed E-state index contributed by atoms with van der Waals surface area (Å²) in [6.45, 7) is 0.424. The van der Waals surface area contributed by atoms with Crippen molar-refractivity contribution in [2.75, 3.05) is 0 Å². The largest absolute Gasteiger partial charge is 0.489 e. The highest BCUT2D eigenvalue weighted by atomic mass is 35.5. The van der Waals surface area contributed by atoms with E-state index >= 15 is 0 Å². The molecule has 0 saturated heterocycles. The highest BCUT2D eigenvalue weighted by molar-refractivity contribution is 6.30. The van der Waals surface area contributed by atoms with Gasteiger partial charge in [0.1, 0.15) is 12.4 Å². The average molecular weight is 277 g/mol. The van der Waals surface area contributed by atoms with E-state index in [9.17, 15) is 4.79 Å². The molecule has 1 N–H and O–H groups in total. The van der Waals surface area contributed by atoms with Gasteiger partial charge in [0.2, 0.25) is 0 Å². The normalized spacial score (nSPS) is 10.2. The molecule has 0 aliphatic rings. The van der Waals surface area contributed by atoms with Crippen LogP contribution in [0.4, 0.5) is 0 Å². The number of rotatable bonds is 5. The van der Waals surface area contributed by atoms with Crippen LogP contribution in [0.1, 0.15) is 11.1 Å². The van der Waals surface area contributed by atoms with Gasteiger partial charge in [0.25, 0.3) is 0 Å². The van der Waals surface area contributed by atoms with Crippen LogP contribution < -0.4 is 4.74 Å². The van der Waals surface area contributed by atoms with E-state index in [4.69, 9.17) is 21.4 Å². The zero-order valence-corrected chi connectivity index (χ0v) is 10.9. The van der Waals surface area contributed by atoms with E-state index in [1.165, 1.54) is 0 Å². The topological polar surface area (TPSA) is 46.5 Å². The number of aliphatic carboxylic acids is 1. The second-order valence-corrected chi connectivity index (χ2v) is 4.57. The Kier molecular flexibility index (Phi) is 4.42. The maximum atomic E-state index is 10.6. The summed E-state index contributed by atoms with van der Waals surface area (Å²) in [6, 6.07) is 14.5. The fourth-order valence-corrected chi connectivity index (χ4v) is 1.83. The molecule has 19 heavy (non-hydrogen) atoms. The summed E-state index contributed by atoms with van der Waals surface area (Å²) in [7, 11) is 0. The van der Waals surface area contributed by atoms with E-state index in [1.807, 2.05) is 24.3 Å². The molecule has 2 rings (SSSR count). The van der Waals surface area contributed by atoms with E-state index in [1.54, 1.807) is 24.3 Å². The SMILES string of the molecule is O=C(O)Cc1ccc(COc2cccc(Cl)c2)cc1. The van der Waals surface area contributed by atoms with E-state index in [0.29, 0.717) is 17.4 Å². The van der Waals surface area contributed by atoms with Crippen LogP contribution in [0.15, 0.2) is 48.5 Å². The Morgan fingerprint density at radius 1 is 1.11 bits per heavy atom. The van der Waals surface area contributed by atoms with Gasteiger partial charge in [-0.2, -0.15) is 0 Å². The van der Waals surface area contributed by atoms with E-state index < -0.39 is 5.97 Å². The lowest BCUT2D eigenvalue weighted by Crippen LogP contribution is -2.00. The highest BCUT2D eigenvalue weighted by Gasteiger charge is 2.01. The van der Waals surface area contributed by atoms with Crippen molar-refractivity contribution >= 4 is 17.6 Å². The van der Waals surface area contributed by atoms with Crippen LogP contribution in [0.3, 0.4) is 0 Å². The van der Waals surface area contributed by atoms with Crippen LogP contribution in [0.5, 0.6) is 5.75 Å². The van der Waals surface area contributed by atoms with Crippen LogP contribution in [0.2, 0.25) is 5.02 Å². The van der Waals surface area contributed by atoms with E-state index in [-0.39, 0.29) is 6.42 Å². The maximum Gasteiger partial charge on any atom is 0.307 e. The molecule has 0 atom stereocenters. The van der Waals surface area contributed by atoms with Crippen LogP contribution >= 0.6 is 11.6 Å². The average Bonchev–Trinajstić information content (AvgIpc) is 2.37. The Hall–Kier alpha value is -2.00. The second kappa shape index (κ2) is 6.25. The minimum absolute atomic E-state index is 0.0371. The van der Waals surface area contributed by atoms with Crippen LogP contribution in [0, 0.1) is 0 Å². The van der Waals surface area contributed by atoms with Gasteiger partial charge >= 0.3 is 5.97 Å². The first kappa shape index (κ1) is 13.4. The number of ether oxygens (including phenoxy) is 1. The monoisotopic (exact) mass is 276 g/mol. The summed E-state index contributed by atoms with van der Waals surface area (Å²) in [5.41, 5.74) is 1.76. The van der Waals surface area contributed by atoms with Crippen molar-refractivity contribution in [1.29, 1.82) is 0 Å². The third-order valence-electron chi connectivity index (χ3n) is 2.58. The summed E-state index contributed by atoms with van der Waals surface area (Å²) >= 11 is 5.86. The zero-order chi connectivity index (χ0) is 13.7. The van der Waals surface area contributed by atoms with Gasteiger partial charge in [-0.3, -0.25) is 4.79 Å². The van der Waals surface area contributed by atoms with Crippen molar-refractivity contribution in [2.45, 2.75) is 13.0 Å². The number of carboxylic acids is 1. The first-order valence-electron chi connectivity index (χ1n) is 5.81. The molecular formula is C15H13ClO3. The first-order chi connectivity index (χ1) is 9.13. The van der Waals surface area contributed by atoms with Crippen molar-refractivity contribution in [2.24, 2.45) is 0 Å². The Labute approximate surface area is 116 Å². The molecule has 0 bridgehead atoms. The van der Waals surface area contributed by atoms with Crippen LogP contribution in [-0.4, -0.2) is 11.1 Å². The van der Waals surface area contributed by atoms with E-state index in [2.05, 4.69) is 0 Å². The van der Waals surface area contributed by atoms with Gasteiger partial charge in [-0.05, 0) is 29.3 Å². The molecule has 2 aromatic rings. The predicted molar refractivity (Wildman–Crippen MR) is 73.6 cm³/mol. The number of hydrogen-bond donors (Lipinski definition) is 1. The molecule has 0 aromatic heterocycles. The fourth-order valence-electron chi connectivity index (χ4n) is 1.65. The third-order valence-corrected chi connectivity index (χ3v) is 2.82. The van der Waals surface area contributed by atoms with Gasteiger partial charge in [-0.25, -0.2) is 0 Å². The van der Waals surface area contributed by atoms with Crippen LogP contribution in [-0.2, 0) is 17.8 Å². The smallest absolute Gasteiger partial charge is 0.307 e. The number of halogens is 1. The minimum Gasteiger partial charge on any atom is -0.489 e. The van der Waals surface area contributed by atoms with Crippen LogP contribution in [0.25, 0.3) is 0 Å². The predicted octanol–water partition coefficient (Wildman–Crippen LogP) is 3.55. The molecule has 98 valence electrons. The quantitative estimate of drug-likeness (QED) is 0.908. The highest BCUT2D eigenvalue weighted by Crippen LogP contribution is 2.18. The lowest BCUT2D eigenvalue weighted by Gasteiger charge is -2.07. The lowest BCUT2D eigenvalue weighted by molar-refractivity contribution is -0.136. The molecule has 0 heterocycles. The fraction of sp³-hybridized carbons (Fsp3) is 0.133. The number of carbonyl (C=O) groups is 1. The van der Waals surface area contributed by atoms with E-state index in [0.717, 1.165) is 11.1 Å². The Morgan fingerprint density at radius 2 is 1.79 bits per heavy atom. The Balaban J connectivity index is 1.94. The standard InChI is InChI=1S/C15H13ClO3/c16-13-2-1-3-14(9-13)19-10-12-6-4-11(5-7-12)8-15(17)18/h1-7,9H,8,10H2,(H,17,18). The van der Waals surface area contributed by atoms with Gasteiger partial charge in [-0.1, -0.05) is 41.9 Å². The molecule has 0 aliphatic carbocycles. The third kappa shape index (κ3) is 4.30. The van der Waals surface area contributed by atoms with Crippen molar-refractivity contribution in [3.63, 3.8) is 0 Å². The molecule has 0 amide bonds. The van der Waals surface area contributed by atoms with Gasteiger partial charge in [0.15, 0.2) is 0 Å². The molecule has 3 nitrogen and oxygen atoms in total. The number of carboxylic acid groups (broad SMARTS) is 1. The summed E-state index contributed by atoms with van der Waals surface area (Å²) in [4.78, 5) is 10.6. The minimum atomic E-state index is -0.831. The molecule has 0 fully saturated rings. The van der Waals surface area contributed by atoms with Gasteiger partial charge in [0, 0.05) is 5.02 Å². The molecule has 2 aromatic carbocycles. The Morgan fingerprint density at radius 3 is 2.42 bits per heavy atom. The zero-order valence-electron chi connectivity index (χ0n) is 10.2. The molecular weight excluding hydrogens is 264 g/mol. The molecule has 0 spiro atoms. The summed E-state index contributed by atoms with van der Waals surface area (Å²) < 4.78 is 5.59. The number of hydrogen-bond acceptors (Lipinski definition) is 2. The van der Waals surface area contributed by atoms with Gasteiger partial charge < -0.3 is 9.84 Å². The summed E-state index contributed by atoms with van der Waals surface area (Å²) in [6.07, 6.45) is 0.0371.